The first-order valence-electron chi connectivity index (χ1n) is 12.8. The van der Waals surface area contributed by atoms with Crippen molar-refractivity contribution in [2.75, 3.05) is 11.9 Å². The molecule has 3 aliphatic carbocycles. The number of likely N-dealkylation sites (tertiary alicyclic amines) is 1. The molecule has 1 saturated heterocycles. The Morgan fingerprint density at radius 2 is 1.24 bits per heavy atom. The van der Waals surface area contributed by atoms with Crippen molar-refractivity contribution in [3.8, 4) is 0 Å². The van der Waals surface area contributed by atoms with E-state index < -0.39 is 21.6 Å². The minimum Gasteiger partial charge on any atom is -0.326 e. The number of anilines is 1. The molecule has 1 N–H and O–H groups in total. The Morgan fingerprint density at radius 3 is 1.71 bits per heavy atom. The van der Waals surface area contributed by atoms with E-state index >= 15 is 0 Å². The molecular formula is C30H25BrCl2N2O3. The predicted molar refractivity (Wildman–Crippen MR) is 151 cm³/mol. The van der Waals surface area contributed by atoms with Gasteiger partial charge in [0.05, 0.1) is 11.8 Å². The fourth-order valence-corrected chi connectivity index (χ4v) is 7.80. The van der Waals surface area contributed by atoms with Crippen LogP contribution in [-0.4, -0.2) is 29.2 Å². The van der Waals surface area contributed by atoms with Crippen LogP contribution in [0.2, 0.25) is 0 Å². The fraction of sp³-hybridized carbons (Fsp3) is 0.300. The van der Waals surface area contributed by atoms with Crippen molar-refractivity contribution in [3.05, 3.63) is 99.5 Å². The van der Waals surface area contributed by atoms with Crippen LogP contribution in [0, 0.1) is 11.8 Å². The van der Waals surface area contributed by atoms with Gasteiger partial charge in [0.2, 0.25) is 17.7 Å². The van der Waals surface area contributed by atoms with Crippen molar-refractivity contribution in [3.63, 3.8) is 0 Å². The van der Waals surface area contributed by atoms with Gasteiger partial charge < -0.3 is 5.32 Å². The van der Waals surface area contributed by atoms with Crippen LogP contribution in [0.25, 0.3) is 0 Å². The van der Waals surface area contributed by atoms with Crippen LogP contribution in [-0.2, 0) is 24.1 Å². The van der Waals surface area contributed by atoms with Crippen molar-refractivity contribution in [1.82, 2.24) is 4.90 Å². The van der Waals surface area contributed by atoms with Crippen LogP contribution in [0.1, 0.15) is 47.9 Å². The van der Waals surface area contributed by atoms with Crippen molar-refractivity contribution in [1.29, 1.82) is 0 Å². The van der Waals surface area contributed by atoms with E-state index in [0.29, 0.717) is 25.7 Å². The van der Waals surface area contributed by atoms with Crippen LogP contribution in [0.5, 0.6) is 0 Å². The number of hydrogen-bond acceptors (Lipinski definition) is 3. The first kappa shape index (κ1) is 25.6. The quantitative estimate of drug-likeness (QED) is 0.187. The third-order valence-electron chi connectivity index (χ3n) is 8.09. The van der Waals surface area contributed by atoms with E-state index in [9.17, 15) is 14.4 Å². The van der Waals surface area contributed by atoms with Crippen LogP contribution in [0.4, 0.5) is 5.69 Å². The molecule has 7 rings (SSSR count). The number of benzene rings is 3. The maximum Gasteiger partial charge on any atom is 0.235 e. The maximum absolute atomic E-state index is 13.8. The number of rotatable bonds is 7. The minimum atomic E-state index is -1.15. The van der Waals surface area contributed by atoms with Gasteiger partial charge >= 0.3 is 0 Å². The average Bonchev–Trinajstić information content (AvgIpc) is 3.19. The summed E-state index contributed by atoms with van der Waals surface area (Å²) in [5.41, 5.74) is 3.95. The number of nitrogens with one attached hydrogen (secondary N) is 1. The molecule has 3 aromatic rings. The summed E-state index contributed by atoms with van der Waals surface area (Å²) in [5, 5.41) is 2.88. The predicted octanol–water partition coefficient (Wildman–Crippen LogP) is 6.54. The molecule has 0 radical (unpaired) electrons. The van der Waals surface area contributed by atoms with Gasteiger partial charge in [-0.15, -0.1) is 23.2 Å². The smallest absolute Gasteiger partial charge is 0.235 e. The van der Waals surface area contributed by atoms with Crippen LogP contribution in [0.3, 0.4) is 0 Å². The molecule has 8 heteroatoms. The number of carbonyl (C=O) groups is 3. The molecule has 2 atom stereocenters. The maximum atomic E-state index is 13.8. The highest BCUT2D eigenvalue weighted by Crippen LogP contribution is 2.69. The van der Waals surface area contributed by atoms with Gasteiger partial charge in [0, 0.05) is 23.1 Å². The lowest BCUT2D eigenvalue weighted by Crippen LogP contribution is -2.57. The summed E-state index contributed by atoms with van der Waals surface area (Å²) in [7, 11) is 0. The Morgan fingerprint density at radius 1 is 0.763 bits per heavy atom. The molecule has 4 aliphatic rings. The van der Waals surface area contributed by atoms with Crippen molar-refractivity contribution < 1.29 is 14.4 Å². The highest BCUT2D eigenvalue weighted by atomic mass is 79.9. The second kappa shape index (κ2) is 9.51. The molecule has 5 nitrogen and oxygen atoms in total. The first-order valence-corrected chi connectivity index (χ1v) is 14.3. The highest BCUT2D eigenvalue weighted by Gasteiger charge is 2.72. The third kappa shape index (κ3) is 3.68. The first-order chi connectivity index (χ1) is 18.3. The molecule has 1 heterocycles. The van der Waals surface area contributed by atoms with Gasteiger partial charge in [-0.05, 0) is 59.4 Å². The molecule has 0 saturated carbocycles. The third-order valence-corrected chi connectivity index (χ3v) is 9.90. The molecular weight excluding hydrogens is 587 g/mol. The van der Waals surface area contributed by atoms with E-state index in [4.69, 9.17) is 23.2 Å². The van der Waals surface area contributed by atoms with Gasteiger partial charge in [0.25, 0.3) is 0 Å². The summed E-state index contributed by atoms with van der Waals surface area (Å²) < 4.78 is 0.947. The molecule has 0 aromatic heterocycles. The van der Waals surface area contributed by atoms with E-state index in [2.05, 4.69) is 21.2 Å². The second-order valence-corrected chi connectivity index (χ2v) is 12.3. The molecule has 2 bridgehead atoms. The molecule has 3 aromatic carbocycles. The Kier molecular flexibility index (Phi) is 6.41. The standard InChI is InChI=1S/C30H25BrCl2N2O3/c31-18-13-15-19(16-14-18)34-24(36)12-2-1-7-17-35-27(37)25-26(28(35)38)30(33)21-9-4-3-8-20(21)29(25,32)22-10-5-6-11-23(22)30/h3-6,8-11,13-16,25-26H,1-2,7,12,17H2,(H,34,36)/t25-,26-,29?,30?/m1/s1. The molecule has 194 valence electrons. The lowest BCUT2D eigenvalue weighted by atomic mass is 9.54. The summed E-state index contributed by atoms with van der Waals surface area (Å²) >= 11 is 18.2. The molecule has 1 fully saturated rings. The van der Waals surface area contributed by atoms with E-state index in [1.165, 1.54) is 4.90 Å². The van der Waals surface area contributed by atoms with Crippen LogP contribution < -0.4 is 5.32 Å². The van der Waals surface area contributed by atoms with Crippen LogP contribution in [0.15, 0.2) is 77.3 Å². The van der Waals surface area contributed by atoms with E-state index in [1.807, 2.05) is 72.8 Å². The van der Waals surface area contributed by atoms with Crippen LogP contribution >= 0.6 is 39.1 Å². The normalized spacial score (nSPS) is 26.7. The topological polar surface area (TPSA) is 66.5 Å². The molecule has 0 unspecified atom stereocenters. The van der Waals surface area contributed by atoms with Gasteiger partial charge in [-0.2, -0.15) is 0 Å². The summed E-state index contributed by atoms with van der Waals surface area (Å²) in [6.45, 7) is 0.283. The van der Waals surface area contributed by atoms with E-state index in [-0.39, 0.29) is 24.3 Å². The Balaban J connectivity index is 1.16. The fourth-order valence-electron chi connectivity index (χ4n) is 6.43. The summed E-state index contributed by atoms with van der Waals surface area (Å²) in [6, 6.07) is 22.7. The Labute approximate surface area is 239 Å². The Bertz CT molecular complexity index is 1340. The van der Waals surface area contributed by atoms with Gasteiger partial charge in [-0.3, -0.25) is 19.3 Å². The Hall–Kier alpha value is -2.67. The summed E-state index contributed by atoms with van der Waals surface area (Å²) in [5.74, 6) is -2.13. The SMILES string of the molecule is O=C(CCCCCN1C(=O)[C@H]2[C@H](C1=O)C1(Cl)c3ccccc3C2(Cl)c2ccccc21)Nc1ccc(Br)cc1. The number of hydrogen-bond donors (Lipinski definition) is 1. The highest BCUT2D eigenvalue weighted by molar-refractivity contribution is 9.10. The number of amides is 3. The van der Waals surface area contributed by atoms with Gasteiger partial charge in [0.1, 0.15) is 9.75 Å². The van der Waals surface area contributed by atoms with Crippen molar-refractivity contribution in [2.45, 2.75) is 35.4 Å². The molecule has 3 amide bonds. The summed E-state index contributed by atoms with van der Waals surface area (Å²) in [4.78, 5) is 38.9. The van der Waals surface area contributed by atoms with Gasteiger partial charge in [-0.25, -0.2) is 0 Å². The summed E-state index contributed by atoms with van der Waals surface area (Å²) in [6.07, 6.45) is 2.33. The van der Waals surface area contributed by atoms with E-state index in [1.54, 1.807) is 0 Å². The zero-order valence-electron chi connectivity index (χ0n) is 20.4. The zero-order valence-corrected chi connectivity index (χ0v) is 23.5. The monoisotopic (exact) mass is 610 g/mol. The number of imide groups is 1. The van der Waals surface area contributed by atoms with E-state index in [0.717, 1.165) is 32.4 Å². The number of halogens is 3. The largest absolute Gasteiger partial charge is 0.326 e. The molecule has 0 spiro atoms. The lowest BCUT2D eigenvalue weighted by molar-refractivity contribution is -0.140. The van der Waals surface area contributed by atoms with Gasteiger partial charge in [0.15, 0.2) is 0 Å². The number of alkyl halides is 2. The minimum absolute atomic E-state index is 0.0630. The second-order valence-electron chi connectivity index (χ2n) is 10.2. The van der Waals surface area contributed by atoms with Gasteiger partial charge in [-0.1, -0.05) is 70.9 Å². The zero-order chi connectivity index (χ0) is 26.7. The number of unbranched alkanes of at least 4 members (excludes halogenated alkanes) is 2. The average molecular weight is 612 g/mol. The lowest BCUT2D eigenvalue weighted by Gasteiger charge is -2.54. The molecule has 1 aliphatic heterocycles. The van der Waals surface area contributed by atoms with Crippen molar-refractivity contribution >= 4 is 62.5 Å². The number of nitrogens with zero attached hydrogens (tertiary/aromatic N) is 1. The number of carbonyl (C=O) groups excluding carboxylic acids is 3. The van der Waals surface area contributed by atoms with Crippen molar-refractivity contribution in [2.24, 2.45) is 11.8 Å². The molecule has 38 heavy (non-hydrogen) atoms.